The Morgan fingerprint density at radius 3 is 3.07 bits per heavy atom. The molecule has 74 valence electrons. The van der Waals surface area contributed by atoms with Crippen LogP contribution in [0.3, 0.4) is 0 Å². The number of rotatable bonds is 1. The summed E-state index contributed by atoms with van der Waals surface area (Å²) in [7, 11) is 0. The molecule has 0 bridgehead atoms. The first-order valence-electron chi connectivity index (χ1n) is 4.32. The molecule has 1 atom stereocenters. The van der Waals surface area contributed by atoms with Gasteiger partial charge in [0.2, 0.25) is 0 Å². The first kappa shape index (κ1) is 10.1. The third-order valence-electron chi connectivity index (χ3n) is 2.30. The molecule has 0 aromatic heterocycles. The van der Waals surface area contributed by atoms with Crippen molar-refractivity contribution in [2.45, 2.75) is 11.7 Å². The normalized spacial score (nSPS) is 20.2. The van der Waals surface area contributed by atoms with Gasteiger partial charge in [-0.05, 0) is 29.4 Å². The second-order valence-electron chi connectivity index (χ2n) is 3.15. The number of thioether (sulfide) groups is 1. The highest BCUT2D eigenvalue weighted by Crippen LogP contribution is 2.39. The van der Waals surface area contributed by atoms with Gasteiger partial charge in [-0.1, -0.05) is 28.1 Å². The maximum atomic E-state index is 11.0. The van der Waals surface area contributed by atoms with Gasteiger partial charge in [0.25, 0.3) is 0 Å². The van der Waals surface area contributed by atoms with Crippen LogP contribution in [0.1, 0.15) is 16.4 Å². The Kier molecular flexibility index (Phi) is 2.83. The summed E-state index contributed by atoms with van der Waals surface area (Å²) in [5.74, 6) is 0.140. The van der Waals surface area contributed by atoms with Crippen LogP contribution in [0.4, 0.5) is 0 Å². The molecule has 1 heterocycles. The van der Waals surface area contributed by atoms with Crippen LogP contribution in [0.2, 0.25) is 0 Å². The van der Waals surface area contributed by atoms with Crippen molar-refractivity contribution in [3.05, 3.63) is 33.8 Å². The summed E-state index contributed by atoms with van der Waals surface area (Å²) in [5.41, 5.74) is 2.10. The van der Waals surface area contributed by atoms with Crippen molar-refractivity contribution in [3.8, 4) is 0 Å². The van der Waals surface area contributed by atoms with Crippen LogP contribution in [-0.2, 0) is 11.2 Å². The van der Waals surface area contributed by atoms with Gasteiger partial charge in [-0.2, -0.15) is 0 Å². The maximum Gasteiger partial charge on any atom is 0.321 e. The zero-order valence-electron chi connectivity index (χ0n) is 7.37. The molecule has 14 heavy (non-hydrogen) atoms. The van der Waals surface area contributed by atoms with Crippen LogP contribution in [0, 0.1) is 0 Å². The SMILES string of the molecule is O=C(O)C1SCCc2c(Br)cccc21. The van der Waals surface area contributed by atoms with Gasteiger partial charge in [-0.3, -0.25) is 4.79 Å². The Bertz CT molecular complexity index is 378. The molecule has 1 unspecified atom stereocenters. The van der Waals surface area contributed by atoms with Gasteiger partial charge < -0.3 is 5.11 Å². The number of benzene rings is 1. The summed E-state index contributed by atoms with van der Waals surface area (Å²) in [4.78, 5) is 11.0. The summed E-state index contributed by atoms with van der Waals surface area (Å²) in [6.07, 6.45) is 0.950. The number of carboxylic acids is 1. The van der Waals surface area contributed by atoms with E-state index >= 15 is 0 Å². The van der Waals surface area contributed by atoms with Crippen LogP contribution < -0.4 is 0 Å². The van der Waals surface area contributed by atoms with Crippen LogP contribution in [-0.4, -0.2) is 16.8 Å². The van der Waals surface area contributed by atoms with Gasteiger partial charge in [-0.15, -0.1) is 11.8 Å². The standard InChI is InChI=1S/C10H9BrO2S/c11-8-3-1-2-7-6(8)4-5-14-9(7)10(12)13/h1-3,9H,4-5H2,(H,12,13). The zero-order valence-corrected chi connectivity index (χ0v) is 9.77. The quantitative estimate of drug-likeness (QED) is 0.854. The average Bonchev–Trinajstić information content (AvgIpc) is 2.17. The number of fused-ring (bicyclic) bond motifs is 1. The molecule has 1 aliphatic heterocycles. The fourth-order valence-corrected chi connectivity index (χ4v) is 3.34. The minimum absolute atomic E-state index is 0.392. The lowest BCUT2D eigenvalue weighted by Gasteiger charge is -2.22. The molecule has 0 fully saturated rings. The number of hydrogen-bond acceptors (Lipinski definition) is 2. The molecule has 1 N–H and O–H groups in total. The molecule has 2 rings (SSSR count). The largest absolute Gasteiger partial charge is 0.480 e. The van der Waals surface area contributed by atoms with Gasteiger partial charge in [0.15, 0.2) is 0 Å². The van der Waals surface area contributed by atoms with Crippen molar-refractivity contribution in [2.24, 2.45) is 0 Å². The molecular formula is C10H9BrO2S. The van der Waals surface area contributed by atoms with Gasteiger partial charge >= 0.3 is 5.97 Å². The van der Waals surface area contributed by atoms with Crippen LogP contribution in [0.15, 0.2) is 22.7 Å². The van der Waals surface area contributed by atoms with E-state index in [0.717, 1.165) is 27.8 Å². The number of halogens is 1. The van der Waals surface area contributed by atoms with Crippen molar-refractivity contribution in [1.82, 2.24) is 0 Å². The fourth-order valence-electron chi connectivity index (χ4n) is 1.66. The predicted octanol–water partition coefficient (Wildman–Crippen LogP) is 2.86. The third-order valence-corrected chi connectivity index (χ3v) is 4.27. The Labute approximate surface area is 94.8 Å². The highest BCUT2D eigenvalue weighted by Gasteiger charge is 2.27. The molecule has 0 radical (unpaired) electrons. The highest BCUT2D eigenvalue weighted by molar-refractivity contribution is 9.10. The molecule has 1 aromatic carbocycles. The van der Waals surface area contributed by atoms with E-state index in [4.69, 9.17) is 5.11 Å². The first-order valence-corrected chi connectivity index (χ1v) is 6.16. The fraction of sp³-hybridized carbons (Fsp3) is 0.300. The molecular weight excluding hydrogens is 264 g/mol. The zero-order chi connectivity index (χ0) is 10.1. The van der Waals surface area contributed by atoms with E-state index in [9.17, 15) is 4.79 Å². The number of aliphatic carboxylic acids is 1. The molecule has 0 spiro atoms. The second kappa shape index (κ2) is 3.95. The lowest BCUT2D eigenvalue weighted by Crippen LogP contribution is -2.16. The van der Waals surface area contributed by atoms with Crippen LogP contribution in [0.25, 0.3) is 0 Å². The van der Waals surface area contributed by atoms with Gasteiger partial charge in [-0.25, -0.2) is 0 Å². The monoisotopic (exact) mass is 272 g/mol. The van der Waals surface area contributed by atoms with E-state index in [1.54, 1.807) is 0 Å². The lowest BCUT2D eigenvalue weighted by molar-refractivity contribution is -0.136. The van der Waals surface area contributed by atoms with Gasteiger partial charge in [0, 0.05) is 4.47 Å². The number of hydrogen-bond donors (Lipinski definition) is 1. The van der Waals surface area contributed by atoms with Crippen molar-refractivity contribution in [2.75, 3.05) is 5.75 Å². The molecule has 1 aliphatic rings. The molecule has 0 saturated carbocycles. The van der Waals surface area contributed by atoms with E-state index in [1.807, 2.05) is 18.2 Å². The summed E-state index contributed by atoms with van der Waals surface area (Å²) >= 11 is 4.96. The van der Waals surface area contributed by atoms with Crippen molar-refractivity contribution in [1.29, 1.82) is 0 Å². The van der Waals surface area contributed by atoms with Gasteiger partial charge in [0.05, 0.1) is 0 Å². The van der Waals surface area contributed by atoms with Crippen LogP contribution >= 0.6 is 27.7 Å². The van der Waals surface area contributed by atoms with E-state index in [1.165, 1.54) is 11.8 Å². The first-order chi connectivity index (χ1) is 6.70. The summed E-state index contributed by atoms with van der Waals surface area (Å²) < 4.78 is 1.03. The lowest BCUT2D eigenvalue weighted by atomic mass is 10.0. The summed E-state index contributed by atoms with van der Waals surface area (Å²) in [6, 6.07) is 5.77. The topological polar surface area (TPSA) is 37.3 Å². The van der Waals surface area contributed by atoms with Crippen molar-refractivity contribution >= 4 is 33.7 Å². The molecule has 0 aliphatic carbocycles. The number of carboxylic acid groups (broad SMARTS) is 1. The molecule has 0 saturated heterocycles. The second-order valence-corrected chi connectivity index (χ2v) is 5.21. The Balaban J connectivity index is 2.49. The summed E-state index contributed by atoms with van der Waals surface area (Å²) in [6.45, 7) is 0. The van der Waals surface area contributed by atoms with Crippen LogP contribution in [0.5, 0.6) is 0 Å². The minimum atomic E-state index is -0.742. The summed E-state index contributed by atoms with van der Waals surface area (Å²) in [5, 5.41) is 8.65. The van der Waals surface area contributed by atoms with Crippen molar-refractivity contribution < 1.29 is 9.90 Å². The van der Waals surface area contributed by atoms with E-state index in [0.29, 0.717) is 0 Å². The minimum Gasteiger partial charge on any atom is -0.480 e. The Morgan fingerprint density at radius 2 is 2.36 bits per heavy atom. The maximum absolute atomic E-state index is 11.0. The smallest absolute Gasteiger partial charge is 0.321 e. The Hall–Kier alpha value is -0.480. The predicted molar refractivity (Wildman–Crippen MR) is 60.7 cm³/mol. The average molecular weight is 273 g/mol. The molecule has 0 amide bonds. The van der Waals surface area contributed by atoms with Crippen molar-refractivity contribution in [3.63, 3.8) is 0 Å². The van der Waals surface area contributed by atoms with E-state index < -0.39 is 11.2 Å². The highest BCUT2D eigenvalue weighted by atomic mass is 79.9. The molecule has 4 heteroatoms. The molecule has 1 aromatic rings. The number of carbonyl (C=O) groups is 1. The van der Waals surface area contributed by atoms with E-state index in [-0.39, 0.29) is 0 Å². The Morgan fingerprint density at radius 1 is 1.57 bits per heavy atom. The van der Waals surface area contributed by atoms with Gasteiger partial charge in [0.1, 0.15) is 5.25 Å². The molecule has 2 nitrogen and oxygen atoms in total. The third kappa shape index (κ3) is 1.68. The van der Waals surface area contributed by atoms with E-state index in [2.05, 4.69) is 15.9 Å².